The average molecular weight is 269 g/mol. The van der Waals surface area contributed by atoms with Crippen LogP contribution in [0.2, 0.25) is 0 Å². The molecule has 0 unspecified atom stereocenters. The highest BCUT2D eigenvalue weighted by molar-refractivity contribution is 8.00. The van der Waals surface area contributed by atoms with Crippen LogP contribution in [0.15, 0.2) is 34.7 Å². The highest BCUT2D eigenvalue weighted by Gasteiger charge is 2.05. The minimum absolute atomic E-state index is 0.156. The van der Waals surface area contributed by atoms with E-state index in [1.165, 1.54) is 35.2 Å². The number of amides is 1. The third kappa shape index (κ3) is 3.79. The quantitative estimate of drug-likeness (QED) is 0.866. The molecule has 2 rings (SSSR count). The van der Waals surface area contributed by atoms with Crippen LogP contribution >= 0.6 is 23.1 Å². The maximum Gasteiger partial charge on any atom is 0.236 e. The molecule has 4 nitrogen and oxygen atoms in total. The molecule has 0 radical (unpaired) electrons. The molecule has 0 aliphatic heterocycles. The predicted molar refractivity (Wildman–Crippen MR) is 65.7 cm³/mol. The highest BCUT2D eigenvalue weighted by atomic mass is 32.2. The second-order valence-electron chi connectivity index (χ2n) is 3.03. The fourth-order valence-electron chi connectivity index (χ4n) is 1.06. The van der Waals surface area contributed by atoms with E-state index >= 15 is 0 Å². The van der Waals surface area contributed by atoms with Crippen LogP contribution in [0.5, 0.6) is 0 Å². The lowest BCUT2D eigenvalue weighted by Gasteiger charge is -2.01. The number of anilines is 1. The number of halogens is 1. The first kappa shape index (κ1) is 12.0. The molecule has 1 N–H and O–H groups in total. The summed E-state index contributed by atoms with van der Waals surface area (Å²) in [7, 11) is 0. The van der Waals surface area contributed by atoms with Gasteiger partial charge in [0.25, 0.3) is 0 Å². The van der Waals surface area contributed by atoms with Gasteiger partial charge in [0.05, 0.1) is 5.75 Å². The Kier molecular flexibility index (Phi) is 4.05. The van der Waals surface area contributed by atoms with Crippen LogP contribution in [0.1, 0.15) is 0 Å². The van der Waals surface area contributed by atoms with Gasteiger partial charge in [0.1, 0.15) is 11.3 Å². The normalized spacial score (nSPS) is 10.2. The van der Waals surface area contributed by atoms with E-state index in [-0.39, 0.29) is 17.5 Å². The van der Waals surface area contributed by atoms with Gasteiger partial charge in [-0.15, -0.1) is 22.0 Å². The van der Waals surface area contributed by atoms with Crippen LogP contribution in [-0.4, -0.2) is 21.9 Å². The Morgan fingerprint density at radius 1 is 1.41 bits per heavy atom. The lowest BCUT2D eigenvalue weighted by Crippen LogP contribution is -2.13. The van der Waals surface area contributed by atoms with Crippen molar-refractivity contribution in [2.24, 2.45) is 0 Å². The van der Waals surface area contributed by atoms with Crippen molar-refractivity contribution in [3.63, 3.8) is 0 Å². The molecule has 17 heavy (non-hydrogen) atoms. The fraction of sp³-hybridized carbons (Fsp3) is 0.100. The molecule has 1 heterocycles. The number of carbonyl (C=O) groups is 1. The SMILES string of the molecule is O=C(CSc1ccc(F)cc1)Nc1nncs1. The molecule has 2 aromatic rings. The molecule has 0 atom stereocenters. The van der Waals surface area contributed by atoms with E-state index < -0.39 is 0 Å². The highest BCUT2D eigenvalue weighted by Crippen LogP contribution is 2.18. The Bertz CT molecular complexity index is 487. The maximum absolute atomic E-state index is 12.6. The predicted octanol–water partition coefficient (Wildman–Crippen LogP) is 2.41. The van der Waals surface area contributed by atoms with Crippen molar-refractivity contribution in [2.75, 3.05) is 11.1 Å². The number of hydrogen-bond acceptors (Lipinski definition) is 5. The van der Waals surface area contributed by atoms with Crippen LogP contribution in [0.4, 0.5) is 9.52 Å². The minimum Gasteiger partial charge on any atom is -0.300 e. The number of nitrogens with zero attached hydrogens (tertiary/aromatic N) is 2. The summed E-state index contributed by atoms with van der Waals surface area (Å²) in [5, 5.41) is 10.4. The van der Waals surface area contributed by atoms with E-state index in [0.717, 1.165) is 4.90 Å². The summed E-state index contributed by atoms with van der Waals surface area (Å²) in [6.07, 6.45) is 0. The summed E-state index contributed by atoms with van der Waals surface area (Å²) in [6.45, 7) is 0. The summed E-state index contributed by atoms with van der Waals surface area (Å²) in [4.78, 5) is 12.3. The first-order valence-electron chi connectivity index (χ1n) is 4.68. The van der Waals surface area contributed by atoms with Gasteiger partial charge in [0.2, 0.25) is 11.0 Å². The summed E-state index contributed by atoms with van der Waals surface area (Å²) in [5.74, 6) is -0.186. The number of carbonyl (C=O) groups excluding carboxylic acids is 1. The van der Waals surface area contributed by atoms with Crippen LogP contribution in [-0.2, 0) is 4.79 Å². The van der Waals surface area contributed by atoms with E-state index in [4.69, 9.17) is 0 Å². The van der Waals surface area contributed by atoms with Crippen LogP contribution in [0, 0.1) is 5.82 Å². The van der Waals surface area contributed by atoms with E-state index in [9.17, 15) is 9.18 Å². The first-order valence-corrected chi connectivity index (χ1v) is 6.55. The van der Waals surface area contributed by atoms with Crippen molar-refractivity contribution < 1.29 is 9.18 Å². The van der Waals surface area contributed by atoms with E-state index in [0.29, 0.717) is 5.13 Å². The second kappa shape index (κ2) is 5.74. The number of thioether (sulfide) groups is 1. The zero-order chi connectivity index (χ0) is 12.1. The molecule has 1 amide bonds. The van der Waals surface area contributed by atoms with E-state index in [1.54, 1.807) is 17.6 Å². The van der Waals surface area contributed by atoms with Crippen molar-refractivity contribution >= 4 is 34.1 Å². The van der Waals surface area contributed by atoms with Gasteiger partial charge in [-0.05, 0) is 24.3 Å². The minimum atomic E-state index is -0.285. The van der Waals surface area contributed by atoms with Crippen molar-refractivity contribution in [1.29, 1.82) is 0 Å². The Balaban J connectivity index is 1.82. The Morgan fingerprint density at radius 3 is 2.82 bits per heavy atom. The van der Waals surface area contributed by atoms with Gasteiger partial charge in [-0.25, -0.2) is 4.39 Å². The van der Waals surface area contributed by atoms with Gasteiger partial charge >= 0.3 is 0 Å². The molecular formula is C10H8FN3OS2. The van der Waals surface area contributed by atoms with Crippen molar-refractivity contribution in [2.45, 2.75) is 4.90 Å². The van der Waals surface area contributed by atoms with Gasteiger partial charge in [-0.1, -0.05) is 11.3 Å². The number of rotatable bonds is 4. The summed E-state index contributed by atoms with van der Waals surface area (Å²) >= 11 is 2.60. The summed E-state index contributed by atoms with van der Waals surface area (Å²) < 4.78 is 12.6. The zero-order valence-electron chi connectivity index (χ0n) is 8.59. The molecule has 0 aliphatic rings. The van der Waals surface area contributed by atoms with Crippen LogP contribution < -0.4 is 5.32 Å². The third-order valence-corrected chi connectivity index (χ3v) is 3.41. The molecule has 0 bridgehead atoms. The fourth-order valence-corrected chi connectivity index (χ4v) is 2.22. The van der Waals surface area contributed by atoms with Gasteiger partial charge in [0.15, 0.2) is 0 Å². The summed E-state index contributed by atoms with van der Waals surface area (Å²) in [6, 6.07) is 6.01. The first-order chi connectivity index (χ1) is 8.24. The van der Waals surface area contributed by atoms with Crippen molar-refractivity contribution in [3.05, 3.63) is 35.6 Å². The maximum atomic E-state index is 12.6. The topological polar surface area (TPSA) is 54.9 Å². The standard InChI is InChI=1S/C10H8FN3OS2/c11-7-1-3-8(4-2-7)16-5-9(15)13-10-14-12-6-17-10/h1-4,6H,5H2,(H,13,14,15). The van der Waals surface area contributed by atoms with Gasteiger partial charge in [-0.3, -0.25) is 10.1 Å². The van der Waals surface area contributed by atoms with Crippen LogP contribution in [0.3, 0.4) is 0 Å². The van der Waals surface area contributed by atoms with E-state index in [1.807, 2.05) is 0 Å². The molecule has 88 valence electrons. The van der Waals surface area contributed by atoms with E-state index in [2.05, 4.69) is 15.5 Å². The Hall–Kier alpha value is -1.47. The van der Waals surface area contributed by atoms with Gasteiger partial charge < -0.3 is 0 Å². The third-order valence-electron chi connectivity index (χ3n) is 1.79. The number of hydrogen-bond donors (Lipinski definition) is 1. The lowest BCUT2D eigenvalue weighted by atomic mass is 10.4. The molecule has 0 fully saturated rings. The zero-order valence-corrected chi connectivity index (χ0v) is 10.2. The molecule has 0 spiro atoms. The molecule has 0 aliphatic carbocycles. The lowest BCUT2D eigenvalue weighted by molar-refractivity contribution is -0.113. The number of benzene rings is 1. The molecule has 0 saturated carbocycles. The molecular weight excluding hydrogens is 261 g/mol. The molecule has 1 aromatic carbocycles. The van der Waals surface area contributed by atoms with Gasteiger partial charge in [-0.2, -0.15) is 0 Å². The van der Waals surface area contributed by atoms with Gasteiger partial charge in [0, 0.05) is 4.90 Å². The average Bonchev–Trinajstić information content (AvgIpc) is 2.81. The summed E-state index contributed by atoms with van der Waals surface area (Å²) in [5.41, 5.74) is 1.54. The number of aromatic nitrogens is 2. The van der Waals surface area contributed by atoms with Crippen molar-refractivity contribution in [1.82, 2.24) is 10.2 Å². The molecule has 0 saturated heterocycles. The van der Waals surface area contributed by atoms with Crippen molar-refractivity contribution in [3.8, 4) is 0 Å². The molecule has 7 heteroatoms. The Labute approximate surface area is 105 Å². The monoisotopic (exact) mass is 269 g/mol. The van der Waals surface area contributed by atoms with Crippen LogP contribution in [0.25, 0.3) is 0 Å². The Morgan fingerprint density at radius 2 is 2.18 bits per heavy atom. The molecule has 1 aromatic heterocycles. The number of nitrogens with one attached hydrogen (secondary N) is 1. The second-order valence-corrected chi connectivity index (χ2v) is 4.92. The largest absolute Gasteiger partial charge is 0.300 e. The smallest absolute Gasteiger partial charge is 0.236 e.